The highest BCUT2D eigenvalue weighted by molar-refractivity contribution is 7.19. The average molecular weight is 371 g/mol. The quantitative estimate of drug-likeness (QED) is 0.716. The number of carbonyl (C=O) groups excluding carboxylic acids is 1. The summed E-state index contributed by atoms with van der Waals surface area (Å²) in [5.41, 5.74) is 11.2. The number of nitrogens with two attached hydrogens (primary N) is 1. The lowest BCUT2D eigenvalue weighted by molar-refractivity contribution is 0.0776. The molecule has 6 heteroatoms. The van der Waals surface area contributed by atoms with Crippen molar-refractivity contribution in [1.29, 1.82) is 0 Å². The number of imidazole rings is 1. The number of nitrogens with zero attached hydrogens (tertiary/aromatic N) is 3. The van der Waals surface area contributed by atoms with Crippen molar-refractivity contribution in [1.82, 2.24) is 14.3 Å². The minimum atomic E-state index is 0.0693. The number of aromatic nitrogens is 2. The van der Waals surface area contributed by atoms with Gasteiger partial charge in [0.05, 0.1) is 11.4 Å². The molecule has 5 nitrogen and oxygen atoms in total. The topological polar surface area (TPSA) is 63.6 Å². The molecule has 0 saturated heterocycles. The maximum absolute atomic E-state index is 12.8. The van der Waals surface area contributed by atoms with Crippen molar-refractivity contribution in [3.05, 3.63) is 46.1 Å². The monoisotopic (exact) mass is 370 g/mol. The molecule has 2 N–H and O–H groups in total. The Bertz CT molecular complexity index is 920. The highest BCUT2D eigenvalue weighted by Gasteiger charge is 2.24. The van der Waals surface area contributed by atoms with Crippen LogP contribution in [0.3, 0.4) is 0 Å². The number of aryl methyl sites for hydroxylation is 2. The first kappa shape index (κ1) is 18.6. The number of thiazole rings is 1. The van der Waals surface area contributed by atoms with Crippen molar-refractivity contribution in [2.75, 3.05) is 13.1 Å². The third-order valence-electron chi connectivity index (χ3n) is 4.87. The minimum absolute atomic E-state index is 0.0693. The Kier molecular flexibility index (Phi) is 5.44. The van der Waals surface area contributed by atoms with E-state index in [1.807, 2.05) is 30.1 Å². The number of amides is 1. The largest absolute Gasteiger partial charge is 0.338 e. The van der Waals surface area contributed by atoms with E-state index in [1.165, 1.54) is 16.9 Å². The molecule has 0 spiro atoms. The van der Waals surface area contributed by atoms with Crippen molar-refractivity contribution in [2.45, 2.75) is 40.7 Å². The maximum atomic E-state index is 12.8. The third kappa shape index (κ3) is 3.04. The van der Waals surface area contributed by atoms with Gasteiger partial charge in [0, 0.05) is 30.9 Å². The standard InChI is InChI=1S/C20H26N4OS/c1-5-14-8-10-15(11-9-14)17-16(12-21)24-13(4)18(26-20(24)22-17)19(25)23(6-2)7-3/h8-11H,5-7,12,21H2,1-4H3. The number of carbonyl (C=O) groups is 1. The lowest BCUT2D eigenvalue weighted by Crippen LogP contribution is -2.30. The van der Waals surface area contributed by atoms with Gasteiger partial charge in [-0.05, 0) is 32.8 Å². The van der Waals surface area contributed by atoms with E-state index in [4.69, 9.17) is 10.7 Å². The van der Waals surface area contributed by atoms with Crippen molar-refractivity contribution in [3.63, 3.8) is 0 Å². The molecule has 0 fully saturated rings. The molecule has 0 saturated carbocycles. The maximum Gasteiger partial charge on any atom is 0.265 e. The van der Waals surface area contributed by atoms with Crippen LogP contribution in [0.1, 0.15) is 47.4 Å². The van der Waals surface area contributed by atoms with Crippen molar-refractivity contribution >= 4 is 22.2 Å². The van der Waals surface area contributed by atoms with Crippen LogP contribution in [-0.4, -0.2) is 33.3 Å². The molecule has 0 bridgehead atoms. The molecule has 138 valence electrons. The summed E-state index contributed by atoms with van der Waals surface area (Å²) in [6, 6.07) is 8.46. The van der Waals surface area contributed by atoms with E-state index in [1.54, 1.807) is 0 Å². The summed E-state index contributed by atoms with van der Waals surface area (Å²) in [4.78, 5) is 21.0. The van der Waals surface area contributed by atoms with Crippen LogP contribution in [0.15, 0.2) is 24.3 Å². The van der Waals surface area contributed by atoms with Gasteiger partial charge in [-0.3, -0.25) is 9.20 Å². The first-order valence-corrected chi connectivity index (χ1v) is 9.96. The van der Waals surface area contributed by atoms with Gasteiger partial charge < -0.3 is 10.6 Å². The molecule has 0 atom stereocenters. The molecule has 2 aromatic heterocycles. The predicted molar refractivity (Wildman–Crippen MR) is 108 cm³/mol. The van der Waals surface area contributed by atoms with E-state index in [9.17, 15) is 4.79 Å². The second-order valence-electron chi connectivity index (χ2n) is 6.27. The van der Waals surface area contributed by atoms with E-state index in [0.29, 0.717) is 19.6 Å². The molecule has 2 heterocycles. The lowest BCUT2D eigenvalue weighted by atomic mass is 10.1. The van der Waals surface area contributed by atoms with Gasteiger partial charge in [-0.25, -0.2) is 4.98 Å². The van der Waals surface area contributed by atoms with Crippen molar-refractivity contribution in [2.24, 2.45) is 5.73 Å². The van der Waals surface area contributed by atoms with Gasteiger partial charge in [0.25, 0.3) is 5.91 Å². The van der Waals surface area contributed by atoms with Crippen LogP contribution >= 0.6 is 11.3 Å². The van der Waals surface area contributed by atoms with E-state index in [2.05, 4.69) is 31.2 Å². The van der Waals surface area contributed by atoms with Gasteiger partial charge >= 0.3 is 0 Å². The molecule has 0 aliphatic heterocycles. The first-order valence-electron chi connectivity index (χ1n) is 9.14. The van der Waals surface area contributed by atoms with Crippen molar-refractivity contribution in [3.8, 4) is 11.3 Å². The van der Waals surface area contributed by atoms with E-state index in [-0.39, 0.29) is 5.91 Å². The fourth-order valence-corrected chi connectivity index (χ4v) is 4.40. The van der Waals surface area contributed by atoms with E-state index < -0.39 is 0 Å². The number of rotatable bonds is 6. The summed E-state index contributed by atoms with van der Waals surface area (Å²) in [5.74, 6) is 0.0693. The number of fused-ring (bicyclic) bond motifs is 1. The first-order chi connectivity index (χ1) is 12.5. The Labute approximate surface area is 158 Å². The van der Waals surface area contributed by atoms with Crippen LogP contribution in [0.25, 0.3) is 16.2 Å². The Morgan fingerprint density at radius 2 is 1.85 bits per heavy atom. The zero-order chi connectivity index (χ0) is 18.8. The van der Waals surface area contributed by atoms with Crippen LogP contribution in [-0.2, 0) is 13.0 Å². The normalized spacial score (nSPS) is 11.3. The third-order valence-corrected chi connectivity index (χ3v) is 6.00. The molecule has 1 amide bonds. The summed E-state index contributed by atoms with van der Waals surface area (Å²) in [6.45, 7) is 9.90. The van der Waals surface area contributed by atoms with Crippen LogP contribution in [0.2, 0.25) is 0 Å². The summed E-state index contributed by atoms with van der Waals surface area (Å²) in [7, 11) is 0. The fraction of sp³-hybridized carbons (Fsp3) is 0.400. The molecule has 3 rings (SSSR count). The van der Waals surface area contributed by atoms with E-state index >= 15 is 0 Å². The zero-order valence-electron chi connectivity index (χ0n) is 15.9. The second-order valence-corrected chi connectivity index (χ2v) is 7.25. The van der Waals surface area contributed by atoms with Crippen LogP contribution in [0.4, 0.5) is 0 Å². The highest BCUT2D eigenvalue weighted by Crippen LogP contribution is 2.31. The molecule has 0 aliphatic rings. The summed E-state index contributed by atoms with van der Waals surface area (Å²) < 4.78 is 2.05. The average Bonchev–Trinajstić information content (AvgIpc) is 3.19. The van der Waals surface area contributed by atoms with Gasteiger partial charge in [0.15, 0.2) is 4.96 Å². The van der Waals surface area contributed by atoms with Gasteiger partial charge in [-0.1, -0.05) is 42.5 Å². The Hall–Kier alpha value is -2.18. The number of hydrogen-bond donors (Lipinski definition) is 1. The number of hydrogen-bond acceptors (Lipinski definition) is 4. The summed E-state index contributed by atoms with van der Waals surface area (Å²) in [6.07, 6.45) is 1.01. The molecular weight excluding hydrogens is 344 g/mol. The van der Waals surface area contributed by atoms with Crippen LogP contribution < -0.4 is 5.73 Å². The molecule has 3 aromatic rings. The molecule has 26 heavy (non-hydrogen) atoms. The van der Waals surface area contributed by atoms with Crippen LogP contribution in [0.5, 0.6) is 0 Å². The summed E-state index contributed by atoms with van der Waals surface area (Å²) >= 11 is 1.45. The molecule has 0 radical (unpaired) electrons. The van der Waals surface area contributed by atoms with Gasteiger partial charge in [-0.15, -0.1) is 0 Å². The Balaban J connectivity index is 2.10. The molecular formula is C20H26N4OS. The van der Waals surface area contributed by atoms with Gasteiger partial charge in [0.2, 0.25) is 0 Å². The molecule has 0 unspecified atom stereocenters. The smallest absolute Gasteiger partial charge is 0.265 e. The molecule has 0 aliphatic carbocycles. The van der Waals surface area contributed by atoms with Gasteiger partial charge in [0.1, 0.15) is 4.88 Å². The van der Waals surface area contributed by atoms with E-state index in [0.717, 1.165) is 38.9 Å². The Morgan fingerprint density at radius 1 is 1.19 bits per heavy atom. The van der Waals surface area contributed by atoms with Crippen molar-refractivity contribution < 1.29 is 4.79 Å². The predicted octanol–water partition coefficient (Wildman–Crippen LogP) is 3.87. The van der Waals surface area contributed by atoms with Gasteiger partial charge in [-0.2, -0.15) is 0 Å². The number of benzene rings is 1. The SMILES string of the molecule is CCc1ccc(-c2nc3sc(C(=O)N(CC)CC)c(C)n3c2CN)cc1. The van der Waals surface area contributed by atoms with Crippen LogP contribution in [0, 0.1) is 6.92 Å². The minimum Gasteiger partial charge on any atom is -0.338 e. The lowest BCUT2D eigenvalue weighted by Gasteiger charge is -2.17. The second kappa shape index (κ2) is 7.60. The Morgan fingerprint density at radius 3 is 2.38 bits per heavy atom. The molecule has 1 aromatic carbocycles. The fourth-order valence-electron chi connectivity index (χ4n) is 3.28. The zero-order valence-corrected chi connectivity index (χ0v) is 16.7. The summed E-state index contributed by atoms with van der Waals surface area (Å²) in [5, 5.41) is 0. The highest BCUT2D eigenvalue weighted by atomic mass is 32.1.